The van der Waals surface area contributed by atoms with Crippen LogP contribution in [0.2, 0.25) is 0 Å². The van der Waals surface area contributed by atoms with Gasteiger partial charge in [0.05, 0.1) is 24.3 Å². The highest BCUT2D eigenvalue weighted by Crippen LogP contribution is 2.13. The van der Waals surface area contributed by atoms with Crippen molar-refractivity contribution in [3.05, 3.63) is 34.9 Å². The highest BCUT2D eigenvalue weighted by atomic mass is 16.5. The van der Waals surface area contributed by atoms with Crippen LogP contribution in [0.15, 0.2) is 18.2 Å². The molecule has 2 nitrogen and oxygen atoms in total. The van der Waals surface area contributed by atoms with Crippen LogP contribution in [0.25, 0.3) is 0 Å². The Hall–Kier alpha value is -1.33. The van der Waals surface area contributed by atoms with Gasteiger partial charge >= 0.3 is 0 Å². The molecule has 1 atom stereocenters. The van der Waals surface area contributed by atoms with Crippen molar-refractivity contribution < 1.29 is 4.74 Å². The van der Waals surface area contributed by atoms with Crippen molar-refractivity contribution in [2.75, 3.05) is 0 Å². The molecule has 1 aromatic rings. The molecule has 1 aromatic carbocycles. The van der Waals surface area contributed by atoms with Gasteiger partial charge in [0, 0.05) is 0 Å². The minimum absolute atomic E-state index is 0.292. The lowest BCUT2D eigenvalue weighted by Gasteiger charge is -2.12. The van der Waals surface area contributed by atoms with Crippen LogP contribution >= 0.6 is 0 Å². The molecule has 0 aliphatic rings. The lowest BCUT2D eigenvalue weighted by Crippen LogP contribution is -2.06. The maximum Gasteiger partial charge on any atom is 0.0991 e. The van der Waals surface area contributed by atoms with Crippen LogP contribution in [-0.4, -0.2) is 6.10 Å². The highest BCUT2D eigenvalue weighted by Gasteiger charge is 2.03. The fourth-order valence-corrected chi connectivity index (χ4v) is 1.28. The predicted octanol–water partition coefficient (Wildman–Crippen LogP) is 3.18. The second-order valence-electron chi connectivity index (χ2n) is 3.78. The largest absolute Gasteiger partial charge is 0.374 e. The molecule has 2 heteroatoms. The van der Waals surface area contributed by atoms with Gasteiger partial charge in [-0.15, -0.1) is 0 Å². The summed E-state index contributed by atoms with van der Waals surface area (Å²) in [6.45, 7) is 6.82. The lowest BCUT2D eigenvalue weighted by atomic mass is 10.1. The van der Waals surface area contributed by atoms with Crippen LogP contribution < -0.4 is 0 Å². The smallest absolute Gasteiger partial charge is 0.0991 e. The van der Waals surface area contributed by atoms with E-state index in [1.165, 1.54) is 0 Å². The summed E-state index contributed by atoms with van der Waals surface area (Å²) in [5.41, 5.74) is 2.99. The quantitative estimate of drug-likeness (QED) is 0.753. The molecule has 80 valence electrons. The van der Waals surface area contributed by atoms with Crippen molar-refractivity contribution in [1.29, 1.82) is 5.26 Å². The van der Waals surface area contributed by atoms with E-state index in [-0.39, 0.29) is 0 Å². The fraction of sp³-hybridized carbons (Fsp3) is 0.462. The molecule has 0 saturated heterocycles. The van der Waals surface area contributed by atoms with E-state index in [9.17, 15) is 0 Å². The van der Waals surface area contributed by atoms with Crippen molar-refractivity contribution in [3.63, 3.8) is 0 Å². The zero-order valence-electron chi connectivity index (χ0n) is 9.58. The Morgan fingerprint density at radius 2 is 2.20 bits per heavy atom. The van der Waals surface area contributed by atoms with E-state index >= 15 is 0 Å². The first-order valence-corrected chi connectivity index (χ1v) is 5.28. The Balaban J connectivity index is 2.67. The van der Waals surface area contributed by atoms with E-state index in [2.05, 4.69) is 19.9 Å². The third-order valence-corrected chi connectivity index (χ3v) is 2.57. The maximum absolute atomic E-state index is 8.73. The van der Waals surface area contributed by atoms with Gasteiger partial charge in [-0.2, -0.15) is 5.26 Å². The molecule has 1 rings (SSSR count). The molecule has 0 radical (unpaired) electrons. The average Bonchev–Trinajstić information content (AvgIpc) is 2.26. The molecule has 0 aliphatic heterocycles. The average molecular weight is 203 g/mol. The van der Waals surface area contributed by atoms with Gasteiger partial charge < -0.3 is 4.74 Å². The van der Waals surface area contributed by atoms with Crippen molar-refractivity contribution >= 4 is 0 Å². The summed E-state index contributed by atoms with van der Waals surface area (Å²) in [5, 5.41) is 8.73. The van der Waals surface area contributed by atoms with Gasteiger partial charge in [0.25, 0.3) is 0 Å². The first kappa shape index (κ1) is 11.7. The van der Waals surface area contributed by atoms with Crippen molar-refractivity contribution in [2.24, 2.45) is 0 Å². The molecule has 0 aromatic heterocycles. The Kier molecular flexibility index (Phi) is 4.33. The Bertz CT molecular complexity index is 365. The predicted molar refractivity (Wildman–Crippen MR) is 60.4 cm³/mol. The standard InChI is InChI=1S/C13H17NO/c1-4-11(3)15-9-13-6-5-12(8-14)7-10(13)2/h5-7,11H,4,9H2,1-3H3. The van der Waals surface area contributed by atoms with Crippen LogP contribution in [0.1, 0.15) is 37.0 Å². The summed E-state index contributed by atoms with van der Waals surface area (Å²) in [6, 6.07) is 7.83. The first-order valence-electron chi connectivity index (χ1n) is 5.28. The lowest BCUT2D eigenvalue weighted by molar-refractivity contribution is 0.0506. The zero-order chi connectivity index (χ0) is 11.3. The summed E-state index contributed by atoms with van der Waals surface area (Å²) >= 11 is 0. The van der Waals surface area contributed by atoms with E-state index in [1.807, 2.05) is 25.1 Å². The second kappa shape index (κ2) is 5.53. The Morgan fingerprint density at radius 1 is 1.47 bits per heavy atom. The molecular formula is C13H17NO. The summed E-state index contributed by atoms with van der Waals surface area (Å²) in [5.74, 6) is 0. The minimum Gasteiger partial charge on any atom is -0.374 e. The molecule has 0 spiro atoms. The number of hydrogen-bond donors (Lipinski definition) is 0. The van der Waals surface area contributed by atoms with Crippen LogP contribution in [0, 0.1) is 18.3 Å². The Labute approximate surface area is 91.5 Å². The van der Waals surface area contributed by atoms with E-state index in [4.69, 9.17) is 10.00 Å². The summed E-state index contributed by atoms with van der Waals surface area (Å²) in [7, 11) is 0. The van der Waals surface area contributed by atoms with Gasteiger partial charge in [-0.1, -0.05) is 13.0 Å². The number of ether oxygens (including phenoxy) is 1. The molecule has 0 saturated carbocycles. The number of nitrogens with zero attached hydrogens (tertiary/aromatic N) is 1. The molecule has 0 bridgehead atoms. The van der Waals surface area contributed by atoms with Crippen molar-refractivity contribution in [3.8, 4) is 6.07 Å². The van der Waals surface area contributed by atoms with Crippen LogP contribution in [0.4, 0.5) is 0 Å². The van der Waals surface area contributed by atoms with Gasteiger partial charge in [-0.3, -0.25) is 0 Å². The molecule has 15 heavy (non-hydrogen) atoms. The summed E-state index contributed by atoms with van der Waals surface area (Å²) < 4.78 is 5.65. The molecule has 0 N–H and O–H groups in total. The van der Waals surface area contributed by atoms with Crippen LogP contribution in [0.5, 0.6) is 0 Å². The van der Waals surface area contributed by atoms with E-state index in [1.54, 1.807) is 0 Å². The van der Waals surface area contributed by atoms with Crippen molar-refractivity contribution in [2.45, 2.75) is 39.9 Å². The normalized spacial score (nSPS) is 12.1. The SMILES string of the molecule is CCC(C)OCc1ccc(C#N)cc1C. The van der Waals surface area contributed by atoms with Crippen molar-refractivity contribution in [1.82, 2.24) is 0 Å². The third-order valence-electron chi connectivity index (χ3n) is 2.57. The number of aryl methyl sites for hydroxylation is 1. The number of nitriles is 1. The van der Waals surface area contributed by atoms with Crippen LogP contribution in [-0.2, 0) is 11.3 Å². The van der Waals surface area contributed by atoms with Gasteiger partial charge in [0.1, 0.15) is 0 Å². The third kappa shape index (κ3) is 3.38. The summed E-state index contributed by atoms with van der Waals surface area (Å²) in [4.78, 5) is 0. The molecule has 1 unspecified atom stereocenters. The maximum atomic E-state index is 8.73. The highest BCUT2D eigenvalue weighted by molar-refractivity contribution is 5.37. The van der Waals surface area contributed by atoms with E-state index < -0.39 is 0 Å². The summed E-state index contributed by atoms with van der Waals surface area (Å²) in [6.07, 6.45) is 1.31. The minimum atomic E-state index is 0.292. The molecule has 0 fully saturated rings. The first-order chi connectivity index (χ1) is 7.17. The van der Waals surface area contributed by atoms with Gasteiger partial charge in [-0.25, -0.2) is 0 Å². The topological polar surface area (TPSA) is 33.0 Å². The molecule has 0 heterocycles. The number of benzene rings is 1. The van der Waals surface area contributed by atoms with Gasteiger partial charge in [0.2, 0.25) is 0 Å². The van der Waals surface area contributed by atoms with Gasteiger partial charge in [-0.05, 0) is 43.5 Å². The Morgan fingerprint density at radius 3 is 2.73 bits per heavy atom. The zero-order valence-corrected chi connectivity index (χ0v) is 9.58. The van der Waals surface area contributed by atoms with E-state index in [0.29, 0.717) is 18.3 Å². The second-order valence-corrected chi connectivity index (χ2v) is 3.78. The molecule has 0 aliphatic carbocycles. The number of rotatable bonds is 4. The van der Waals surface area contributed by atoms with Gasteiger partial charge in [0.15, 0.2) is 0 Å². The van der Waals surface area contributed by atoms with E-state index in [0.717, 1.165) is 17.5 Å². The fourth-order valence-electron chi connectivity index (χ4n) is 1.28. The molecule has 0 amide bonds. The monoisotopic (exact) mass is 203 g/mol. The molecular weight excluding hydrogens is 186 g/mol. The number of hydrogen-bond acceptors (Lipinski definition) is 2. The van der Waals surface area contributed by atoms with Crippen LogP contribution in [0.3, 0.4) is 0 Å².